The molecule has 0 aliphatic carbocycles. The van der Waals surface area contributed by atoms with Gasteiger partial charge in [-0.2, -0.15) is 0 Å². The number of halogens is 2. The minimum atomic E-state index is -0.913. The second-order valence-electron chi connectivity index (χ2n) is 5.74. The molecule has 0 saturated heterocycles. The lowest BCUT2D eigenvalue weighted by Gasteiger charge is -2.10. The lowest BCUT2D eigenvalue weighted by atomic mass is 10.1. The van der Waals surface area contributed by atoms with Crippen LogP contribution in [0.2, 0.25) is 10.0 Å². The highest BCUT2D eigenvalue weighted by Gasteiger charge is 2.16. The Balaban J connectivity index is 1.78. The molecular weight excluding hydrogens is 375 g/mol. The van der Waals surface area contributed by atoms with Crippen molar-refractivity contribution < 1.29 is 14.6 Å². The topological polar surface area (TPSA) is 67.4 Å². The van der Waals surface area contributed by atoms with Gasteiger partial charge in [0, 0.05) is 18.3 Å². The molecule has 0 bridgehead atoms. The van der Waals surface area contributed by atoms with Crippen LogP contribution < -0.4 is 9.47 Å². The number of imidazole rings is 1. The molecular formula is C19H18Cl2N2O3. The minimum Gasteiger partial charge on any atom is -0.493 e. The van der Waals surface area contributed by atoms with Gasteiger partial charge in [0.2, 0.25) is 0 Å². The molecule has 26 heavy (non-hydrogen) atoms. The third-order valence-electron chi connectivity index (χ3n) is 4.01. The van der Waals surface area contributed by atoms with E-state index in [0.29, 0.717) is 39.4 Å². The molecule has 3 aromatic rings. The molecule has 1 unspecified atom stereocenters. The number of hydrogen-bond acceptors (Lipinski definition) is 4. The molecule has 136 valence electrons. The molecule has 0 saturated carbocycles. The Morgan fingerprint density at radius 2 is 1.81 bits per heavy atom. The van der Waals surface area contributed by atoms with Crippen LogP contribution in [-0.4, -0.2) is 29.3 Å². The van der Waals surface area contributed by atoms with Crippen LogP contribution in [0.5, 0.6) is 11.5 Å². The van der Waals surface area contributed by atoms with Crippen LogP contribution in [0.1, 0.15) is 28.7 Å². The van der Waals surface area contributed by atoms with E-state index in [1.807, 2.05) is 18.2 Å². The number of aliphatic hydroxyl groups excluding tert-OH is 1. The van der Waals surface area contributed by atoms with Crippen LogP contribution >= 0.6 is 23.2 Å². The summed E-state index contributed by atoms with van der Waals surface area (Å²) in [5, 5.41) is 11.3. The number of aliphatic hydroxyl groups is 1. The fourth-order valence-electron chi connectivity index (χ4n) is 2.66. The maximum absolute atomic E-state index is 10.5. The van der Waals surface area contributed by atoms with E-state index in [1.165, 1.54) is 0 Å². The molecule has 0 aliphatic rings. The van der Waals surface area contributed by atoms with Crippen molar-refractivity contribution in [3.63, 3.8) is 0 Å². The summed E-state index contributed by atoms with van der Waals surface area (Å²) in [6.07, 6.45) is 1.40. The second kappa shape index (κ2) is 7.99. The van der Waals surface area contributed by atoms with Gasteiger partial charge in [-0.05, 0) is 35.4 Å². The SMILES string of the molecule is COc1ccc(Cc2cnc(C(O)c3ccc(Cl)c(Cl)c3)[nH]2)cc1OC. The van der Waals surface area contributed by atoms with Gasteiger partial charge in [0.25, 0.3) is 0 Å². The number of nitrogens with zero attached hydrogens (tertiary/aromatic N) is 1. The number of aromatic amines is 1. The molecule has 0 amide bonds. The van der Waals surface area contributed by atoms with Crippen LogP contribution in [0.3, 0.4) is 0 Å². The van der Waals surface area contributed by atoms with E-state index < -0.39 is 6.10 Å². The summed E-state index contributed by atoms with van der Waals surface area (Å²) in [4.78, 5) is 7.43. The van der Waals surface area contributed by atoms with Crippen molar-refractivity contribution in [3.05, 3.63) is 75.3 Å². The van der Waals surface area contributed by atoms with E-state index >= 15 is 0 Å². The van der Waals surface area contributed by atoms with E-state index in [2.05, 4.69) is 9.97 Å². The van der Waals surface area contributed by atoms with Crippen molar-refractivity contribution >= 4 is 23.2 Å². The Morgan fingerprint density at radius 3 is 2.50 bits per heavy atom. The molecule has 1 heterocycles. The van der Waals surface area contributed by atoms with Crippen LogP contribution in [0, 0.1) is 0 Å². The van der Waals surface area contributed by atoms with Gasteiger partial charge >= 0.3 is 0 Å². The molecule has 0 spiro atoms. The summed E-state index contributed by atoms with van der Waals surface area (Å²) >= 11 is 11.9. The fraction of sp³-hybridized carbons (Fsp3) is 0.211. The zero-order valence-corrected chi connectivity index (χ0v) is 15.8. The molecule has 5 nitrogen and oxygen atoms in total. The lowest BCUT2D eigenvalue weighted by Crippen LogP contribution is -2.02. The first-order valence-corrected chi connectivity index (χ1v) is 8.65. The fourth-order valence-corrected chi connectivity index (χ4v) is 2.96. The Labute approximate surface area is 161 Å². The van der Waals surface area contributed by atoms with E-state index in [-0.39, 0.29) is 0 Å². The van der Waals surface area contributed by atoms with Crippen LogP contribution in [0.25, 0.3) is 0 Å². The summed E-state index contributed by atoms with van der Waals surface area (Å²) < 4.78 is 10.6. The van der Waals surface area contributed by atoms with Crippen molar-refractivity contribution in [2.75, 3.05) is 14.2 Å². The summed E-state index contributed by atoms with van der Waals surface area (Å²) in [5.74, 6) is 1.79. The maximum Gasteiger partial charge on any atom is 0.160 e. The number of ether oxygens (including phenoxy) is 2. The van der Waals surface area contributed by atoms with Crippen LogP contribution in [0.15, 0.2) is 42.6 Å². The van der Waals surface area contributed by atoms with Crippen molar-refractivity contribution in [2.24, 2.45) is 0 Å². The first-order chi connectivity index (χ1) is 12.5. The summed E-state index contributed by atoms with van der Waals surface area (Å²) in [6.45, 7) is 0. The summed E-state index contributed by atoms with van der Waals surface area (Å²) in [7, 11) is 3.20. The minimum absolute atomic E-state index is 0.389. The highest BCUT2D eigenvalue weighted by molar-refractivity contribution is 6.42. The summed E-state index contributed by atoms with van der Waals surface area (Å²) in [6, 6.07) is 10.7. The smallest absolute Gasteiger partial charge is 0.160 e. The molecule has 2 aromatic carbocycles. The highest BCUT2D eigenvalue weighted by Crippen LogP contribution is 2.30. The Bertz CT molecular complexity index is 912. The third-order valence-corrected chi connectivity index (χ3v) is 4.75. The van der Waals surface area contributed by atoms with Crippen molar-refractivity contribution in [2.45, 2.75) is 12.5 Å². The van der Waals surface area contributed by atoms with E-state index in [9.17, 15) is 5.11 Å². The molecule has 1 aromatic heterocycles. The predicted molar refractivity (Wildman–Crippen MR) is 101 cm³/mol. The zero-order valence-electron chi connectivity index (χ0n) is 14.3. The highest BCUT2D eigenvalue weighted by atomic mass is 35.5. The summed E-state index contributed by atoms with van der Waals surface area (Å²) in [5.41, 5.74) is 2.51. The van der Waals surface area contributed by atoms with Gasteiger partial charge in [0.15, 0.2) is 11.5 Å². The zero-order chi connectivity index (χ0) is 18.7. The molecule has 3 rings (SSSR count). The monoisotopic (exact) mass is 392 g/mol. The predicted octanol–water partition coefficient (Wildman–Crippen LogP) is 4.41. The second-order valence-corrected chi connectivity index (χ2v) is 6.55. The van der Waals surface area contributed by atoms with Gasteiger partial charge in [0.05, 0.1) is 24.3 Å². The molecule has 0 fully saturated rings. The van der Waals surface area contributed by atoms with Crippen LogP contribution in [-0.2, 0) is 6.42 Å². The number of rotatable bonds is 6. The number of methoxy groups -OCH3 is 2. The third kappa shape index (κ3) is 3.96. The van der Waals surface area contributed by atoms with E-state index in [4.69, 9.17) is 32.7 Å². The number of benzene rings is 2. The normalized spacial score (nSPS) is 12.0. The number of hydrogen-bond donors (Lipinski definition) is 2. The van der Waals surface area contributed by atoms with Gasteiger partial charge in [-0.1, -0.05) is 35.3 Å². The molecule has 1 atom stereocenters. The van der Waals surface area contributed by atoms with Gasteiger partial charge in [-0.25, -0.2) is 4.98 Å². The molecule has 0 aliphatic heterocycles. The van der Waals surface area contributed by atoms with Gasteiger partial charge in [0.1, 0.15) is 11.9 Å². The van der Waals surface area contributed by atoms with Crippen LogP contribution in [0.4, 0.5) is 0 Å². The lowest BCUT2D eigenvalue weighted by molar-refractivity contribution is 0.211. The largest absolute Gasteiger partial charge is 0.493 e. The molecule has 7 heteroatoms. The Kier molecular flexibility index (Phi) is 5.71. The van der Waals surface area contributed by atoms with E-state index in [0.717, 1.165) is 11.3 Å². The van der Waals surface area contributed by atoms with Crippen molar-refractivity contribution in [1.29, 1.82) is 0 Å². The van der Waals surface area contributed by atoms with E-state index in [1.54, 1.807) is 38.6 Å². The van der Waals surface area contributed by atoms with Gasteiger partial charge in [-0.15, -0.1) is 0 Å². The molecule has 0 radical (unpaired) electrons. The van der Waals surface area contributed by atoms with Gasteiger partial charge < -0.3 is 19.6 Å². The Morgan fingerprint density at radius 1 is 1.04 bits per heavy atom. The van der Waals surface area contributed by atoms with Gasteiger partial charge in [-0.3, -0.25) is 0 Å². The first kappa shape index (κ1) is 18.6. The average Bonchev–Trinajstić information content (AvgIpc) is 3.11. The Hall–Kier alpha value is -2.21. The number of aromatic nitrogens is 2. The average molecular weight is 393 g/mol. The van der Waals surface area contributed by atoms with Crippen molar-refractivity contribution in [1.82, 2.24) is 9.97 Å². The first-order valence-electron chi connectivity index (χ1n) is 7.89. The standard InChI is InChI=1S/C19H18Cl2N2O3/c1-25-16-6-3-11(8-17(16)26-2)7-13-10-22-19(23-13)18(24)12-4-5-14(20)15(21)9-12/h3-6,8-10,18,24H,7H2,1-2H3,(H,22,23). The maximum atomic E-state index is 10.5. The quantitative estimate of drug-likeness (QED) is 0.651. The molecule has 2 N–H and O–H groups in total. The number of H-pyrrole nitrogens is 1. The van der Waals surface area contributed by atoms with Crippen molar-refractivity contribution in [3.8, 4) is 11.5 Å². The number of nitrogens with one attached hydrogen (secondary N) is 1.